The molecule has 0 unspecified atom stereocenters. The largest absolute Gasteiger partial charge is 0.302 e. The Morgan fingerprint density at radius 1 is 1.23 bits per heavy atom. The third-order valence-electron chi connectivity index (χ3n) is 4.28. The van der Waals surface area contributed by atoms with E-state index in [2.05, 4.69) is 28.8 Å². The molecule has 0 aliphatic heterocycles. The van der Waals surface area contributed by atoms with Crippen LogP contribution in [0.1, 0.15) is 24.3 Å². The number of halogens is 1. The topological polar surface area (TPSA) is 54.3 Å². The molecule has 0 saturated heterocycles. The molecule has 0 saturated carbocycles. The number of nitrogens with zero attached hydrogens (tertiary/aromatic N) is 5. The minimum Gasteiger partial charge on any atom is -0.302 e. The summed E-state index contributed by atoms with van der Waals surface area (Å²) in [4.78, 5) is 21.4. The van der Waals surface area contributed by atoms with Crippen molar-refractivity contribution in [2.75, 3.05) is 31.1 Å². The molecule has 0 aliphatic rings. The number of anilines is 1. The molecule has 0 aliphatic carbocycles. The number of likely N-dealkylation sites (N-methyl/N-ethyl adjacent to an activating group) is 1. The fourth-order valence-electron chi connectivity index (χ4n) is 2.73. The average molecular weight is 375 g/mol. The summed E-state index contributed by atoms with van der Waals surface area (Å²) in [6.45, 7) is 7.24. The molecule has 26 heavy (non-hydrogen) atoms. The molecule has 1 aromatic carbocycles. The van der Waals surface area contributed by atoms with Gasteiger partial charge in [-0.2, -0.15) is 5.10 Å². The Labute approximate surface area is 155 Å². The molecule has 0 atom stereocenters. The highest BCUT2D eigenvalue weighted by Crippen LogP contribution is 2.30. The van der Waals surface area contributed by atoms with Gasteiger partial charge in [-0.1, -0.05) is 25.2 Å². The summed E-state index contributed by atoms with van der Waals surface area (Å²) in [5, 5.41) is 4.78. The van der Waals surface area contributed by atoms with E-state index in [4.69, 9.17) is 0 Å². The zero-order valence-corrected chi connectivity index (χ0v) is 16.0. The Kier molecular flexibility index (Phi) is 5.63. The van der Waals surface area contributed by atoms with Crippen molar-refractivity contribution in [3.63, 3.8) is 0 Å². The maximum absolute atomic E-state index is 13.5. The molecule has 8 heteroatoms. The number of hydrogen-bond donors (Lipinski definition) is 0. The first-order valence-electron chi connectivity index (χ1n) is 8.61. The van der Waals surface area contributed by atoms with Crippen molar-refractivity contribution in [2.24, 2.45) is 7.05 Å². The van der Waals surface area contributed by atoms with Crippen molar-refractivity contribution in [3.05, 3.63) is 42.0 Å². The number of aromatic nitrogens is 3. The van der Waals surface area contributed by atoms with Crippen molar-refractivity contribution in [1.29, 1.82) is 0 Å². The van der Waals surface area contributed by atoms with Gasteiger partial charge in [0.1, 0.15) is 5.82 Å². The van der Waals surface area contributed by atoms with E-state index in [1.165, 1.54) is 23.5 Å². The van der Waals surface area contributed by atoms with Crippen LogP contribution in [-0.2, 0) is 7.05 Å². The van der Waals surface area contributed by atoms with Crippen LogP contribution in [0.3, 0.4) is 0 Å². The third kappa shape index (κ3) is 3.91. The van der Waals surface area contributed by atoms with Crippen molar-refractivity contribution in [2.45, 2.75) is 13.8 Å². The van der Waals surface area contributed by atoms with Crippen LogP contribution in [0.4, 0.5) is 9.52 Å². The van der Waals surface area contributed by atoms with Crippen molar-refractivity contribution >= 4 is 32.6 Å². The van der Waals surface area contributed by atoms with Crippen LogP contribution in [0, 0.1) is 5.82 Å². The van der Waals surface area contributed by atoms with Gasteiger partial charge in [-0.3, -0.25) is 14.4 Å². The van der Waals surface area contributed by atoms with Crippen molar-refractivity contribution in [1.82, 2.24) is 19.7 Å². The van der Waals surface area contributed by atoms with Gasteiger partial charge in [0.25, 0.3) is 5.91 Å². The maximum atomic E-state index is 13.5. The van der Waals surface area contributed by atoms with E-state index in [1.54, 1.807) is 35.0 Å². The number of benzene rings is 1. The molecular formula is C18H22FN5OS. The summed E-state index contributed by atoms with van der Waals surface area (Å²) in [6.07, 6.45) is 1.74. The summed E-state index contributed by atoms with van der Waals surface area (Å²) in [5.41, 5.74) is 1.06. The molecule has 2 heterocycles. The molecular weight excluding hydrogens is 353 g/mol. The lowest BCUT2D eigenvalue weighted by Crippen LogP contribution is -2.39. The summed E-state index contributed by atoms with van der Waals surface area (Å²) >= 11 is 1.32. The van der Waals surface area contributed by atoms with Crippen LogP contribution in [0.25, 0.3) is 10.2 Å². The number of aryl methyl sites for hydroxylation is 1. The van der Waals surface area contributed by atoms with Crippen LogP contribution in [0.15, 0.2) is 30.5 Å². The zero-order valence-electron chi connectivity index (χ0n) is 15.1. The van der Waals surface area contributed by atoms with Gasteiger partial charge in [0, 0.05) is 26.3 Å². The zero-order chi connectivity index (χ0) is 18.7. The second-order valence-electron chi connectivity index (χ2n) is 5.97. The van der Waals surface area contributed by atoms with Gasteiger partial charge in [-0.25, -0.2) is 9.37 Å². The highest BCUT2D eigenvalue weighted by atomic mass is 32.1. The van der Waals surface area contributed by atoms with Crippen LogP contribution >= 0.6 is 11.3 Å². The molecule has 0 spiro atoms. The van der Waals surface area contributed by atoms with Crippen LogP contribution in [0.2, 0.25) is 0 Å². The van der Waals surface area contributed by atoms with Gasteiger partial charge in [-0.05, 0) is 37.4 Å². The fraction of sp³-hybridized carbons (Fsp3) is 0.389. The Morgan fingerprint density at radius 2 is 2.00 bits per heavy atom. The quantitative estimate of drug-likeness (QED) is 0.637. The van der Waals surface area contributed by atoms with Gasteiger partial charge in [-0.15, -0.1) is 0 Å². The first-order valence-corrected chi connectivity index (χ1v) is 9.43. The van der Waals surface area contributed by atoms with Crippen LogP contribution < -0.4 is 4.90 Å². The van der Waals surface area contributed by atoms with Crippen molar-refractivity contribution < 1.29 is 9.18 Å². The van der Waals surface area contributed by atoms with E-state index >= 15 is 0 Å². The fourth-order valence-corrected chi connectivity index (χ4v) is 3.75. The van der Waals surface area contributed by atoms with Gasteiger partial charge >= 0.3 is 0 Å². The average Bonchev–Trinajstić information content (AvgIpc) is 3.24. The van der Waals surface area contributed by atoms with E-state index in [9.17, 15) is 9.18 Å². The minimum absolute atomic E-state index is 0.197. The standard InChI is InChI=1S/C18H22FN5OS/c1-4-23(5-2)10-11-24(17(25)15-8-9-22(3)21-15)18-20-14-7-6-13(19)12-16(14)26-18/h6-9,12H,4-5,10-11H2,1-3H3. The number of carbonyl (C=O) groups is 1. The van der Waals surface area contributed by atoms with E-state index in [-0.39, 0.29) is 11.7 Å². The lowest BCUT2D eigenvalue weighted by molar-refractivity contribution is 0.0978. The molecule has 0 bridgehead atoms. The molecule has 1 amide bonds. The molecule has 0 N–H and O–H groups in total. The molecule has 3 aromatic rings. The molecule has 6 nitrogen and oxygen atoms in total. The second-order valence-corrected chi connectivity index (χ2v) is 6.98. The number of hydrogen-bond acceptors (Lipinski definition) is 5. The van der Waals surface area contributed by atoms with E-state index in [0.29, 0.717) is 22.9 Å². The van der Waals surface area contributed by atoms with Gasteiger partial charge < -0.3 is 4.90 Å². The van der Waals surface area contributed by atoms with Crippen LogP contribution in [-0.4, -0.2) is 51.8 Å². The van der Waals surface area contributed by atoms with E-state index in [1.807, 2.05) is 0 Å². The first-order chi connectivity index (χ1) is 12.5. The normalized spacial score (nSPS) is 11.4. The molecule has 0 fully saturated rings. The molecule has 138 valence electrons. The monoisotopic (exact) mass is 375 g/mol. The van der Waals surface area contributed by atoms with Gasteiger partial charge in [0.05, 0.1) is 10.2 Å². The minimum atomic E-state index is -0.307. The summed E-state index contributed by atoms with van der Waals surface area (Å²) < 4.78 is 15.8. The number of fused-ring (bicyclic) bond motifs is 1. The number of amides is 1. The molecule has 2 aromatic heterocycles. The van der Waals surface area contributed by atoms with Gasteiger partial charge in [0.15, 0.2) is 10.8 Å². The number of carbonyl (C=O) groups excluding carboxylic acids is 1. The maximum Gasteiger partial charge on any atom is 0.280 e. The predicted octanol–water partition coefficient (Wildman–Crippen LogP) is 3.16. The van der Waals surface area contributed by atoms with E-state index in [0.717, 1.165) is 24.3 Å². The second kappa shape index (κ2) is 7.92. The Hall–Kier alpha value is -2.32. The Balaban J connectivity index is 1.93. The smallest absolute Gasteiger partial charge is 0.280 e. The summed E-state index contributed by atoms with van der Waals surface area (Å²) in [5.74, 6) is -0.504. The summed E-state index contributed by atoms with van der Waals surface area (Å²) in [7, 11) is 1.78. The number of rotatable bonds is 7. The Bertz CT molecular complexity index is 902. The van der Waals surface area contributed by atoms with Crippen LogP contribution in [0.5, 0.6) is 0 Å². The molecule has 0 radical (unpaired) electrons. The Morgan fingerprint density at radius 3 is 2.65 bits per heavy atom. The molecule has 3 rings (SSSR count). The van der Waals surface area contributed by atoms with E-state index < -0.39 is 0 Å². The number of thiazole rings is 1. The lowest BCUT2D eigenvalue weighted by Gasteiger charge is -2.24. The SMILES string of the molecule is CCN(CC)CCN(C(=O)c1ccn(C)n1)c1nc2ccc(F)cc2s1. The third-order valence-corrected chi connectivity index (χ3v) is 5.32. The van der Waals surface area contributed by atoms with Gasteiger partial charge in [0.2, 0.25) is 0 Å². The highest BCUT2D eigenvalue weighted by Gasteiger charge is 2.23. The van der Waals surface area contributed by atoms with Crippen molar-refractivity contribution in [3.8, 4) is 0 Å². The predicted molar refractivity (Wildman–Crippen MR) is 102 cm³/mol. The lowest BCUT2D eigenvalue weighted by atomic mass is 10.3. The summed E-state index contributed by atoms with van der Waals surface area (Å²) in [6, 6.07) is 6.16. The highest BCUT2D eigenvalue weighted by molar-refractivity contribution is 7.22. The first kappa shape index (κ1) is 18.5.